The van der Waals surface area contributed by atoms with Gasteiger partial charge in [-0.1, -0.05) is 0 Å². The van der Waals surface area contributed by atoms with Crippen LogP contribution in [0.5, 0.6) is 0 Å². The quantitative estimate of drug-likeness (QED) is 0.193. The van der Waals surface area contributed by atoms with Crippen molar-refractivity contribution < 1.29 is 43.0 Å². The molecule has 1 amide bonds. The first-order chi connectivity index (χ1) is 15.6. The van der Waals surface area contributed by atoms with Gasteiger partial charge in [-0.25, -0.2) is 9.59 Å². The Hall–Kier alpha value is -3.96. The van der Waals surface area contributed by atoms with Crippen molar-refractivity contribution in [2.75, 3.05) is 13.2 Å². The molecular weight excluding hydrogens is 440 g/mol. The highest BCUT2D eigenvalue weighted by atomic mass is 16.8. The Kier molecular flexibility index (Phi) is 5.52. The van der Waals surface area contributed by atoms with Crippen molar-refractivity contribution in [2.45, 2.75) is 38.5 Å². The highest BCUT2D eigenvalue weighted by Gasteiger charge is 2.64. The second-order valence-electron chi connectivity index (χ2n) is 8.14. The lowest BCUT2D eigenvalue weighted by Crippen LogP contribution is -2.66. The number of amides is 1. The van der Waals surface area contributed by atoms with Crippen LogP contribution in [-0.4, -0.2) is 58.7 Å². The molecule has 0 aliphatic carbocycles. The number of cyclic esters (lactones) is 2. The molecule has 1 aromatic carbocycles. The number of carbonyl (C=O) groups is 4. The summed E-state index contributed by atoms with van der Waals surface area (Å²) < 4.78 is 20.5. The van der Waals surface area contributed by atoms with Crippen LogP contribution < -0.4 is 0 Å². The van der Waals surface area contributed by atoms with Gasteiger partial charge in [0.25, 0.3) is 5.69 Å². The molecule has 12 heteroatoms. The lowest BCUT2D eigenvalue weighted by Gasteiger charge is -2.48. The lowest BCUT2D eigenvalue weighted by molar-refractivity contribution is -0.384. The molecule has 12 nitrogen and oxygen atoms in total. The van der Waals surface area contributed by atoms with Gasteiger partial charge < -0.3 is 23.8 Å². The molecule has 174 valence electrons. The molecule has 4 rings (SSSR count). The number of benzene rings is 1. The SMILES string of the molecule is CC(=O)OCC1=C(C(=O)OCc2ccc([N+](=O)[O-])cc2)N2C(=O)[C@@H](C3(C)COC(=O)O3)C2C1. The summed E-state index contributed by atoms with van der Waals surface area (Å²) in [4.78, 5) is 60.1. The number of nitro groups is 1. The van der Waals surface area contributed by atoms with E-state index in [-0.39, 0.29) is 37.6 Å². The third kappa shape index (κ3) is 3.99. The molecule has 0 bridgehead atoms. The van der Waals surface area contributed by atoms with E-state index in [9.17, 15) is 29.3 Å². The molecule has 0 saturated carbocycles. The maximum absolute atomic E-state index is 13.0. The number of non-ortho nitro benzene ring substituents is 1. The topological polar surface area (TPSA) is 152 Å². The number of ether oxygens (including phenoxy) is 4. The summed E-state index contributed by atoms with van der Waals surface area (Å²) in [6.45, 7) is 2.35. The smallest absolute Gasteiger partial charge is 0.461 e. The van der Waals surface area contributed by atoms with Crippen molar-refractivity contribution in [3.8, 4) is 0 Å². The first kappa shape index (κ1) is 22.2. The molecule has 3 heterocycles. The van der Waals surface area contributed by atoms with Crippen molar-refractivity contribution in [3.05, 3.63) is 51.2 Å². The Balaban J connectivity index is 1.51. The van der Waals surface area contributed by atoms with Crippen LogP contribution in [0.2, 0.25) is 0 Å². The van der Waals surface area contributed by atoms with Crippen LogP contribution in [0, 0.1) is 16.0 Å². The fourth-order valence-corrected chi connectivity index (χ4v) is 4.31. The zero-order valence-electron chi connectivity index (χ0n) is 17.8. The van der Waals surface area contributed by atoms with Crippen LogP contribution in [0.15, 0.2) is 35.5 Å². The van der Waals surface area contributed by atoms with Crippen molar-refractivity contribution in [2.24, 2.45) is 5.92 Å². The number of β-lactam (4-membered cyclic amide) rings is 1. The summed E-state index contributed by atoms with van der Waals surface area (Å²) >= 11 is 0. The number of carbonyl (C=O) groups excluding carboxylic acids is 4. The second-order valence-corrected chi connectivity index (χ2v) is 8.14. The van der Waals surface area contributed by atoms with Crippen molar-refractivity contribution >= 4 is 29.7 Å². The molecule has 3 aliphatic heterocycles. The first-order valence-electron chi connectivity index (χ1n) is 10.1. The second kappa shape index (κ2) is 8.19. The number of esters is 2. The van der Waals surface area contributed by atoms with E-state index in [0.717, 1.165) is 0 Å². The van der Waals surface area contributed by atoms with Crippen molar-refractivity contribution in [3.63, 3.8) is 0 Å². The molecule has 0 N–H and O–H groups in total. The van der Waals surface area contributed by atoms with Gasteiger partial charge in [0.2, 0.25) is 5.91 Å². The van der Waals surface area contributed by atoms with Gasteiger partial charge >= 0.3 is 18.1 Å². The van der Waals surface area contributed by atoms with E-state index in [4.69, 9.17) is 18.9 Å². The molecule has 3 atom stereocenters. The molecule has 0 spiro atoms. The zero-order chi connectivity index (χ0) is 23.9. The Bertz CT molecular complexity index is 1080. The number of nitro benzene ring substituents is 1. The van der Waals surface area contributed by atoms with Crippen LogP contribution >= 0.6 is 0 Å². The van der Waals surface area contributed by atoms with Crippen LogP contribution in [0.25, 0.3) is 0 Å². The standard InChI is InChI=1S/C21H20N2O10/c1-11(24)30-9-13-7-15-16(21(2)10-32-20(27)33-21)18(25)22(15)17(13)19(26)31-8-12-3-5-14(6-4-12)23(28)29/h3-6,15-16H,7-10H2,1-2H3/t15?,16-,21?/m0/s1. The molecule has 2 unspecified atom stereocenters. The highest BCUT2D eigenvalue weighted by molar-refractivity contribution is 6.01. The molecule has 1 aromatic rings. The van der Waals surface area contributed by atoms with Gasteiger partial charge in [-0.15, -0.1) is 0 Å². The van der Waals surface area contributed by atoms with E-state index < -0.39 is 46.5 Å². The molecule has 0 radical (unpaired) electrons. The van der Waals surface area contributed by atoms with Gasteiger partial charge in [-0.05, 0) is 31.0 Å². The normalized spacial score (nSPS) is 25.7. The van der Waals surface area contributed by atoms with E-state index in [0.29, 0.717) is 11.1 Å². The third-order valence-corrected chi connectivity index (χ3v) is 5.86. The molecule has 33 heavy (non-hydrogen) atoms. The lowest BCUT2D eigenvalue weighted by atomic mass is 9.75. The fraction of sp³-hybridized carbons (Fsp3) is 0.429. The van der Waals surface area contributed by atoms with Crippen LogP contribution in [0.4, 0.5) is 10.5 Å². The van der Waals surface area contributed by atoms with Gasteiger partial charge in [0.05, 0.1) is 11.0 Å². The van der Waals surface area contributed by atoms with E-state index >= 15 is 0 Å². The van der Waals surface area contributed by atoms with Gasteiger partial charge in [-0.3, -0.25) is 19.7 Å². The van der Waals surface area contributed by atoms with Gasteiger partial charge in [-0.2, -0.15) is 0 Å². The van der Waals surface area contributed by atoms with E-state index in [1.165, 1.54) is 36.1 Å². The van der Waals surface area contributed by atoms with Gasteiger partial charge in [0.15, 0.2) is 5.60 Å². The van der Waals surface area contributed by atoms with Crippen molar-refractivity contribution in [1.82, 2.24) is 4.90 Å². The predicted octanol–water partition coefficient (Wildman–Crippen LogP) is 1.61. The average Bonchev–Trinajstić information content (AvgIpc) is 3.27. The number of fused-ring (bicyclic) bond motifs is 1. The first-order valence-corrected chi connectivity index (χ1v) is 10.1. The highest BCUT2D eigenvalue weighted by Crippen LogP contribution is 2.49. The molecular formula is C21H20N2O10. The fourth-order valence-electron chi connectivity index (χ4n) is 4.31. The van der Waals surface area contributed by atoms with Crippen LogP contribution in [0.1, 0.15) is 25.8 Å². The minimum absolute atomic E-state index is 0.0155. The molecule has 3 aliphatic rings. The minimum Gasteiger partial charge on any atom is -0.461 e. The van der Waals surface area contributed by atoms with E-state index in [1.54, 1.807) is 6.92 Å². The largest absolute Gasteiger partial charge is 0.509 e. The Morgan fingerprint density at radius 2 is 1.91 bits per heavy atom. The number of nitrogens with zero attached hydrogens (tertiary/aromatic N) is 2. The maximum atomic E-state index is 13.0. The van der Waals surface area contributed by atoms with Crippen LogP contribution in [-0.2, 0) is 39.9 Å². The number of rotatable bonds is 7. The molecule has 0 aromatic heterocycles. The Labute approximate surface area is 187 Å². The molecule has 2 saturated heterocycles. The summed E-state index contributed by atoms with van der Waals surface area (Å²) in [5.74, 6) is -2.50. The average molecular weight is 460 g/mol. The monoisotopic (exact) mass is 460 g/mol. The Morgan fingerprint density at radius 3 is 2.48 bits per heavy atom. The summed E-state index contributed by atoms with van der Waals surface area (Å²) in [5.41, 5.74) is -0.356. The van der Waals surface area contributed by atoms with Gasteiger partial charge in [0.1, 0.15) is 31.4 Å². The predicted molar refractivity (Wildman–Crippen MR) is 106 cm³/mol. The van der Waals surface area contributed by atoms with E-state index in [2.05, 4.69) is 0 Å². The van der Waals surface area contributed by atoms with Gasteiger partial charge in [0, 0.05) is 24.6 Å². The van der Waals surface area contributed by atoms with Crippen LogP contribution in [0.3, 0.4) is 0 Å². The minimum atomic E-state index is -1.17. The maximum Gasteiger partial charge on any atom is 0.509 e. The summed E-state index contributed by atoms with van der Waals surface area (Å²) in [7, 11) is 0. The summed E-state index contributed by atoms with van der Waals surface area (Å²) in [6.07, 6.45) is -0.628. The third-order valence-electron chi connectivity index (χ3n) is 5.86. The van der Waals surface area contributed by atoms with Crippen molar-refractivity contribution in [1.29, 1.82) is 0 Å². The number of hydrogen-bond acceptors (Lipinski definition) is 10. The Morgan fingerprint density at radius 1 is 1.21 bits per heavy atom. The molecule has 2 fully saturated rings. The summed E-state index contributed by atoms with van der Waals surface area (Å²) in [6, 6.07) is 5.00. The number of hydrogen-bond donors (Lipinski definition) is 0. The van der Waals surface area contributed by atoms with E-state index in [1.807, 2.05) is 0 Å². The zero-order valence-corrected chi connectivity index (χ0v) is 17.8. The summed E-state index contributed by atoms with van der Waals surface area (Å²) in [5, 5.41) is 10.8.